The summed E-state index contributed by atoms with van der Waals surface area (Å²) in [5.74, 6) is 1.30. The second-order valence-corrected chi connectivity index (χ2v) is 3.98. The fourth-order valence-corrected chi connectivity index (χ4v) is 1.53. The van der Waals surface area contributed by atoms with Gasteiger partial charge in [0.1, 0.15) is 12.4 Å². The van der Waals surface area contributed by atoms with Crippen molar-refractivity contribution in [2.24, 2.45) is 0 Å². The number of aryl methyl sites for hydroxylation is 1. The molecule has 0 atom stereocenters. The van der Waals surface area contributed by atoms with Gasteiger partial charge in [0.2, 0.25) is 5.88 Å². The normalized spacial score (nSPS) is 10.1. The van der Waals surface area contributed by atoms with E-state index in [0.29, 0.717) is 18.2 Å². The van der Waals surface area contributed by atoms with Crippen molar-refractivity contribution in [1.29, 1.82) is 0 Å². The standard InChI is InChI=1S/C14H16N2O2/c1-10-7-8-16-14(13(10)15)18-9-11-3-5-12(17-2)6-4-11/h3-8H,9,15H2,1-2H3. The molecule has 1 aromatic carbocycles. The fourth-order valence-electron chi connectivity index (χ4n) is 1.53. The zero-order chi connectivity index (χ0) is 13.0. The molecule has 0 saturated heterocycles. The molecule has 0 unspecified atom stereocenters. The number of aromatic nitrogens is 1. The Morgan fingerprint density at radius 3 is 2.56 bits per heavy atom. The average Bonchev–Trinajstić information content (AvgIpc) is 2.41. The van der Waals surface area contributed by atoms with E-state index in [-0.39, 0.29) is 0 Å². The van der Waals surface area contributed by atoms with E-state index in [0.717, 1.165) is 16.9 Å². The number of methoxy groups -OCH3 is 1. The second kappa shape index (κ2) is 5.40. The lowest BCUT2D eigenvalue weighted by Gasteiger charge is -2.09. The molecule has 0 fully saturated rings. The second-order valence-electron chi connectivity index (χ2n) is 3.98. The molecule has 0 spiro atoms. The van der Waals surface area contributed by atoms with Gasteiger partial charge in [0.05, 0.1) is 12.8 Å². The summed E-state index contributed by atoms with van der Waals surface area (Å²) in [6.07, 6.45) is 1.69. The molecule has 1 heterocycles. The number of nitrogens with two attached hydrogens (primary N) is 1. The quantitative estimate of drug-likeness (QED) is 0.898. The van der Waals surface area contributed by atoms with Crippen molar-refractivity contribution in [3.63, 3.8) is 0 Å². The fraction of sp³-hybridized carbons (Fsp3) is 0.214. The molecule has 2 aromatic rings. The third-order valence-corrected chi connectivity index (χ3v) is 2.71. The van der Waals surface area contributed by atoms with E-state index < -0.39 is 0 Å². The molecule has 2 rings (SSSR count). The van der Waals surface area contributed by atoms with E-state index in [1.54, 1.807) is 13.3 Å². The number of nitrogens with zero attached hydrogens (tertiary/aromatic N) is 1. The molecule has 0 aliphatic carbocycles. The van der Waals surface area contributed by atoms with Crippen LogP contribution in [-0.2, 0) is 6.61 Å². The summed E-state index contributed by atoms with van der Waals surface area (Å²) < 4.78 is 10.7. The Hall–Kier alpha value is -2.23. The molecule has 0 bridgehead atoms. The van der Waals surface area contributed by atoms with E-state index in [2.05, 4.69) is 4.98 Å². The molecule has 0 aliphatic rings. The predicted molar refractivity (Wildman–Crippen MR) is 70.7 cm³/mol. The van der Waals surface area contributed by atoms with Gasteiger partial charge < -0.3 is 15.2 Å². The minimum absolute atomic E-state index is 0.435. The van der Waals surface area contributed by atoms with Crippen molar-refractivity contribution in [1.82, 2.24) is 4.98 Å². The van der Waals surface area contributed by atoms with Gasteiger partial charge in [0.25, 0.3) is 0 Å². The van der Waals surface area contributed by atoms with E-state index >= 15 is 0 Å². The van der Waals surface area contributed by atoms with Crippen LogP contribution in [0.15, 0.2) is 36.5 Å². The van der Waals surface area contributed by atoms with Gasteiger partial charge in [0, 0.05) is 6.20 Å². The number of ether oxygens (including phenoxy) is 2. The van der Waals surface area contributed by atoms with Gasteiger partial charge in [-0.3, -0.25) is 0 Å². The van der Waals surface area contributed by atoms with Crippen molar-refractivity contribution in [2.75, 3.05) is 12.8 Å². The summed E-state index contributed by atoms with van der Waals surface area (Å²) in [7, 11) is 1.64. The average molecular weight is 244 g/mol. The summed E-state index contributed by atoms with van der Waals surface area (Å²) >= 11 is 0. The molecule has 0 saturated carbocycles. The van der Waals surface area contributed by atoms with Crippen molar-refractivity contribution < 1.29 is 9.47 Å². The lowest BCUT2D eigenvalue weighted by Crippen LogP contribution is -2.02. The van der Waals surface area contributed by atoms with Crippen LogP contribution in [0.2, 0.25) is 0 Å². The Kier molecular flexibility index (Phi) is 3.67. The maximum Gasteiger partial charge on any atom is 0.237 e. The van der Waals surface area contributed by atoms with Crippen LogP contribution in [0.25, 0.3) is 0 Å². The predicted octanol–water partition coefficient (Wildman–Crippen LogP) is 2.56. The van der Waals surface area contributed by atoms with Gasteiger partial charge in [-0.15, -0.1) is 0 Å². The Balaban J connectivity index is 2.04. The third kappa shape index (κ3) is 2.71. The number of pyridine rings is 1. The zero-order valence-electron chi connectivity index (χ0n) is 10.5. The van der Waals surface area contributed by atoms with Gasteiger partial charge in [-0.1, -0.05) is 12.1 Å². The van der Waals surface area contributed by atoms with E-state index in [1.165, 1.54) is 0 Å². The lowest BCUT2D eigenvalue weighted by atomic mass is 10.2. The van der Waals surface area contributed by atoms with Crippen LogP contribution in [0.1, 0.15) is 11.1 Å². The third-order valence-electron chi connectivity index (χ3n) is 2.71. The molecule has 4 heteroatoms. The summed E-state index contributed by atoms with van der Waals surface area (Å²) in [5, 5.41) is 0. The summed E-state index contributed by atoms with van der Waals surface area (Å²) in [5.41, 5.74) is 8.48. The molecule has 1 aromatic heterocycles. The molecule has 4 nitrogen and oxygen atoms in total. The highest BCUT2D eigenvalue weighted by atomic mass is 16.5. The Morgan fingerprint density at radius 2 is 1.89 bits per heavy atom. The first-order valence-electron chi connectivity index (χ1n) is 5.67. The number of anilines is 1. The van der Waals surface area contributed by atoms with Crippen LogP contribution < -0.4 is 15.2 Å². The molecule has 0 aliphatic heterocycles. The van der Waals surface area contributed by atoms with Crippen molar-refractivity contribution >= 4 is 5.69 Å². The van der Waals surface area contributed by atoms with Crippen molar-refractivity contribution in [3.05, 3.63) is 47.7 Å². The van der Waals surface area contributed by atoms with Crippen molar-refractivity contribution in [3.8, 4) is 11.6 Å². The Morgan fingerprint density at radius 1 is 1.17 bits per heavy atom. The SMILES string of the molecule is COc1ccc(COc2nccc(C)c2N)cc1. The summed E-state index contributed by atoms with van der Waals surface area (Å²) in [4.78, 5) is 4.12. The molecule has 18 heavy (non-hydrogen) atoms. The molecule has 0 radical (unpaired) electrons. The van der Waals surface area contributed by atoms with Gasteiger partial charge >= 0.3 is 0 Å². The monoisotopic (exact) mass is 244 g/mol. The summed E-state index contributed by atoms with van der Waals surface area (Å²) in [6, 6.07) is 9.54. The first kappa shape index (κ1) is 12.2. The highest BCUT2D eigenvalue weighted by Gasteiger charge is 2.04. The number of hydrogen-bond donors (Lipinski definition) is 1. The van der Waals surface area contributed by atoms with Gasteiger partial charge in [-0.2, -0.15) is 0 Å². The molecular weight excluding hydrogens is 228 g/mol. The topological polar surface area (TPSA) is 57.4 Å². The molecule has 0 amide bonds. The van der Waals surface area contributed by atoms with Crippen LogP contribution in [0.4, 0.5) is 5.69 Å². The van der Waals surface area contributed by atoms with Gasteiger partial charge in [-0.05, 0) is 36.2 Å². The van der Waals surface area contributed by atoms with Gasteiger partial charge in [-0.25, -0.2) is 4.98 Å². The minimum Gasteiger partial charge on any atom is -0.497 e. The Bertz CT molecular complexity index is 524. The number of benzene rings is 1. The maximum atomic E-state index is 5.88. The zero-order valence-corrected chi connectivity index (χ0v) is 10.5. The first-order valence-corrected chi connectivity index (χ1v) is 5.67. The van der Waals surface area contributed by atoms with Gasteiger partial charge in [0.15, 0.2) is 0 Å². The van der Waals surface area contributed by atoms with E-state index in [4.69, 9.17) is 15.2 Å². The molecule has 2 N–H and O–H groups in total. The van der Waals surface area contributed by atoms with Crippen LogP contribution >= 0.6 is 0 Å². The first-order chi connectivity index (χ1) is 8.70. The van der Waals surface area contributed by atoms with E-state index in [1.807, 2.05) is 37.3 Å². The van der Waals surface area contributed by atoms with Crippen LogP contribution in [0, 0.1) is 6.92 Å². The van der Waals surface area contributed by atoms with Crippen LogP contribution in [-0.4, -0.2) is 12.1 Å². The highest BCUT2D eigenvalue weighted by molar-refractivity contribution is 5.53. The lowest BCUT2D eigenvalue weighted by molar-refractivity contribution is 0.295. The number of hydrogen-bond acceptors (Lipinski definition) is 4. The largest absolute Gasteiger partial charge is 0.497 e. The molecule has 94 valence electrons. The highest BCUT2D eigenvalue weighted by Crippen LogP contribution is 2.22. The van der Waals surface area contributed by atoms with Crippen molar-refractivity contribution in [2.45, 2.75) is 13.5 Å². The minimum atomic E-state index is 0.435. The van der Waals surface area contributed by atoms with Crippen LogP contribution in [0.5, 0.6) is 11.6 Å². The maximum absolute atomic E-state index is 5.88. The van der Waals surface area contributed by atoms with Crippen LogP contribution in [0.3, 0.4) is 0 Å². The van der Waals surface area contributed by atoms with E-state index in [9.17, 15) is 0 Å². The number of nitrogen functional groups attached to an aromatic ring is 1. The number of rotatable bonds is 4. The summed E-state index contributed by atoms with van der Waals surface area (Å²) in [6.45, 7) is 2.36. The molecular formula is C14H16N2O2. The smallest absolute Gasteiger partial charge is 0.237 e. The Labute approximate surface area is 106 Å².